The summed E-state index contributed by atoms with van der Waals surface area (Å²) < 4.78 is 40.9. The molecular weight excluding hydrogens is 409 g/mol. The van der Waals surface area contributed by atoms with Crippen LogP contribution in [0.15, 0.2) is 42.7 Å². The first kappa shape index (κ1) is 20.6. The molecule has 31 heavy (non-hydrogen) atoms. The standard InChI is InChI=1S/C22H17F3N4O2/c1-29-8-7-21(31,20(29)30)6-5-13-3-2-4-14(9-13)15-10-16-18(27-12-28-19(16)26)17(11-15)22(23,24)25/h2-4,9-12,31H,7-8H2,1H3,(H2,26,27,28)/t21-/m0/s1. The number of nitrogen functional groups attached to an aromatic ring is 1. The third kappa shape index (κ3) is 3.78. The lowest BCUT2D eigenvalue weighted by atomic mass is 9.97. The Hall–Kier alpha value is -3.64. The zero-order chi connectivity index (χ0) is 22.4. The molecular formula is C22H17F3N4O2. The molecule has 0 saturated carbocycles. The second-order valence-corrected chi connectivity index (χ2v) is 7.34. The molecule has 9 heteroatoms. The topological polar surface area (TPSA) is 92.3 Å². The van der Waals surface area contributed by atoms with Crippen molar-refractivity contribution in [2.24, 2.45) is 0 Å². The van der Waals surface area contributed by atoms with Crippen LogP contribution in [0, 0.1) is 11.8 Å². The van der Waals surface area contributed by atoms with Crippen molar-refractivity contribution in [3.8, 4) is 23.0 Å². The van der Waals surface area contributed by atoms with Crippen molar-refractivity contribution in [2.45, 2.75) is 18.2 Å². The summed E-state index contributed by atoms with van der Waals surface area (Å²) in [6.07, 6.45) is -3.45. The van der Waals surface area contributed by atoms with E-state index in [4.69, 9.17) is 5.73 Å². The fraction of sp³-hybridized carbons (Fsp3) is 0.227. The van der Waals surface area contributed by atoms with E-state index in [1.807, 2.05) is 0 Å². The summed E-state index contributed by atoms with van der Waals surface area (Å²) in [6, 6.07) is 9.00. The van der Waals surface area contributed by atoms with E-state index in [9.17, 15) is 23.1 Å². The van der Waals surface area contributed by atoms with E-state index in [0.717, 1.165) is 12.4 Å². The Morgan fingerprint density at radius 3 is 2.65 bits per heavy atom. The van der Waals surface area contributed by atoms with Crippen LogP contribution in [0.25, 0.3) is 22.0 Å². The van der Waals surface area contributed by atoms with Gasteiger partial charge in [-0.25, -0.2) is 9.97 Å². The zero-order valence-electron chi connectivity index (χ0n) is 16.4. The Labute approximate surface area is 175 Å². The highest BCUT2D eigenvalue weighted by atomic mass is 19.4. The van der Waals surface area contributed by atoms with Gasteiger partial charge >= 0.3 is 6.18 Å². The van der Waals surface area contributed by atoms with Crippen LogP contribution >= 0.6 is 0 Å². The number of carbonyl (C=O) groups is 1. The van der Waals surface area contributed by atoms with Crippen LogP contribution in [0.4, 0.5) is 19.0 Å². The van der Waals surface area contributed by atoms with E-state index >= 15 is 0 Å². The van der Waals surface area contributed by atoms with Crippen molar-refractivity contribution < 1.29 is 23.1 Å². The largest absolute Gasteiger partial charge is 0.418 e. The van der Waals surface area contributed by atoms with Gasteiger partial charge in [-0.2, -0.15) is 13.2 Å². The van der Waals surface area contributed by atoms with Gasteiger partial charge in [0.2, 0.25) is 5.60 Å². The molecule has 0 unspecified atom stereocenters. The summed E-state index contributed by atoms with van der Waals surface area (Å²) in [4.78, 5) is 21.0. The fourth-order valence-corrected chi connectivity index (χ4v) is 3.49. The van der Waals surface area contributed by atoms with Gasteiger partial charge in [0.1, 0.15) is 12.1 Å². The second-order valence-electron chi connectivity index (χ2n) is 7.34. The molecule has 158 valence electrons. The van der Waals surface area contributed by atoms with Gasteiger partial charge < -0.3 is 15.7 Å². The van der Waals surface area contributed by atoms with Crippen LogP contribution < -0.4 is 5.73 Å². The number of halogens is 3. The molecule has 1 atom stereocenters. The van der Waals surface area contributed by atoms with E-state index in [1.54, 1.807) is 31.3 Å². The number of benzene rings is 2. The van der Waals surface area contributed by atoms with E-state index in [1.165, 1.54) is 11.0 Å². The number of carbonyl (C=O) groups excluding carboxylic acids is 1. The maximum Gasteiger partial charge on any atom is 0.418 e. The first-order valence-corrected chi connectivity index (χ1v) is 9.31. The maximum atomic E-state index is 13.6. The summed E-state index contributed by atoms with van der Waals surface area (Å²) >= 11 is 0. The average Bonchev–Trinajstić information content (AvgIpc) is 2.99. The van der Waals surface area contributed by atoms with E-state index in [-0.39, 0.29) is 28.7 Å². The molecule has 4 rings (SSSR count). The van der Waals surface area contributed by atoms with Gasteiger partial charge in [-0.15, -0.1) is 0 Å². The summed E-state index contributed by atoms with van der Waals surface area (Å²) in [5.41, 5.74) is 4.02. The van der Waals surface area contributed by atoms with Crippen molar-refractivity contribution in [1.29, 1.82) is 0 Å². The molecule has 1 amide bonds. The van der Waals surface area contributed by atoms with Crippen molar-refractivity contribution in [3.05, 3.63) is 53.9 Å². The monoisotopic (exact) mass is 426 g/mol. The van der Waals surface area contributed by atoms with Crippen molar-refractivity contribution in [2.75, 3.05) is 19.3 Å². The molecule has 3 N–H and O–H groups in total. The number of likely N-dealkylation sites (tertiary alicyclic amines) is 1. The highest BCUT2D eigenvalue weighted by molar-refractivity contribution is 5.94. The fourth-order valence-electron chi connectivity index (χ4n) is 3.49. The van der Waals surface area contributed by atoms with E-state index in [0.29, 0.717) is 17.7 Å². The van der Waals surface area contributed by atoms with Crippen LogP contribution in [-0.4, -0.2) is 45.1 Å². The predicted molar refractivity (Wildman–Crippen MR) is 108 cm³/mol. The number of amides is 1. The lowest BCUT2D eigenvalue weighted by Crippen LogP contribution is -2.37. The molecule has 1 saturated heterocycles. The van der Waals surface area contributed by atoms with Gasteiger partial charge in [0.15, 0.2) is 0 Å². The second kappa shape index (κ2) is 7.25. The Kier molecular flexibility index (Phi) is 4.82. The zero-order valence-corrected chi connectivity index (χ0v) is 16.4. The number of nitrogens with zero attached hydrogens (tertiary/aromatic N) is 3. The molecule has 2 aromatic carbocycles. The first-order chi connectivity index (χ1) is 14.6. The molecule has 0 radical (unpaired) electrons. The quantitative estimate of drug-likeness (QED) is 0.584. The molecule has 2 heterocycles. The number of rotatable bonds is 1. The van der Waals surface area contributed by atoms with Gasteiger partial charge in [-0.1, -0.05) is 24.0 Å². The Morgan fingerprint density at radius 1 is 1.19 bits per heavy atom. The maximum absolute atomic E-state index is 13.6. The summed E-state index contributed by atoms with van der Waals surface area (Å²) in [7, 11) is 1.58. The molecule has 6 nitrogen and oxygen atoms in total. The lowest BCUT2D eigenvalue weighted by molar-refractivity contribution is -0.137. The SMILES string of the molecule is CN1CC[C@@](O)(C#Cc2cccc(-c3cc(C(F)(F)F)c4ncnc(N)c4c3)c2)C1=O. The van der Waals surface area contributed by atoms with Crippen molar-refractivity contribution in [1.82, 2.24) is 14.9 Å². The van der Waals surface area contributed by atoms with Crippen molar-refractivity contribution in [3.63, 3.8) is 0 Å². The van der Waals surface area contributed by atoms with Gasteiger partial charge in [0.05, 0.1) is 11.1 Å². The van der Waals surface area contributed by atoms with E-state index < -0.39 is 23.2 Å². The Bertz CT molecular complexity index is 1260. The van der Waals surface area contributed by atoms with Crippen LogP contribution in [-0.2, 0) is 11.0 Å². The molecule has 1 fully saturated rings. The number of hydrogen-bond donors (Lipinski definition) is 2. The van der Waals surface area contributed by atoms with Crippen LogP contribution in [0.1, 0.15) is 17.5 Å². The summed E-state index contributed by atoms with van der Waals surface area (Å²) in [6.45, 7) is 0.394. The number of alkyl halides is 3. The number of anilines is 1. The minimum atomic E-state index is -4.63. The van der Waals surface area contributed by atoms with Crippen LogP contribution in [0.2, 0.25) is 0 Å². The van der Waals surface area contributed by atoms with Gasteiger partial charge in [0, 0.05) is 31.0 Å². The van der Waals surface area contributed by atoms with Gasteiger partial charge in [-0.05, 0) is 35.4 Å². The number of nitrogens with two attached hydrogens (primary N) is 1. The number of aromatic nitrogens is 2. The molecule has 0 bridgehead atoms. The number of likely N-dealkylation sites (N-methyl/N-ethyl adjacent to an activating group) is 1. The molecule has 1 aromatic heterocycles. The highest BCUT2D eigenvalue weighted by Gasteiger charge is 2.42. The Morgan fingerprint density at radius 2 is 1.97 bits per heavy atom. The van der Waals surface area contributed by atoms with E-state index in [2.05, 4.69) is 21.8 Å². The Balaban J connectivity index is 1.80. The number of aliphatic hydroxyl groups is 1. The molecule has 1 aliphatic rings. The van der Waals surface area contributed by atoms with Crippen LogP contribution in [0.3, 0.4) is 0 Å². The summed E-state index contributed by atoms with van der Waals surface area (Å²) in [5.74, 6) is 4.83. The lowest BCUT2D eigenvalue weighted by Gasteiger charge is -2.14. The van der Waals surface area contributed by atoms with Gasteiger partial charge in [0.25, 0.3) is 5.91 Å². The molecule has 3 aromatic rings. The number of hydrogen-bond acceptors (Lipinski definition) is 5. The normalized spacial score (nSPS) is 18.9. The van der Waals surface area contributed by atoms with Gasteiger partial charge in [-0.3, -0.25) is 4.79 Å². The molecule has 0 aliphatic carbocycles. The van der Waals surface area contributed by atoms with Crippen molar-refractivity contribution >= 4 is 22.6 Å². The number of fused-ring (bicyclic) bond motifs is 1. The molecule has 1 aliphatic heterocycles. The average molecular weight is 426 g/mol. The third-order valence-corrected chi connectivity index (χ3v) is 5.19. The summed E-state index contributed by atoms with van der Waals surface area (Å²) in [5, 5.41) is 10.5. The smallest absolute Gasteiger partial charge is 0.383 e. The first-order valence-electron chi connectivity index (χ1n) is 9.31. The van der Waals surface area contributed by atoms with Crippen LogP contribution in [0.5, 0.6) is 0 Å². The minimum absolute atomic E-state index is 0.0561. The minimum Gasteiger partial charge on any atom is -0.383 e. The molecule has 0 spiro atoms. The predicted octanol–water partition coefficient (Wildman–Crippen LogP) is 2.84. The highest BCUT2D eigenvalue weighted by Crippen LogP contribution is 2.38. The third-order valence-electron chi connectivity index (χ3n) is 5.19.